The first-order valence-corrected chi connectivity index (χ1v) is 9.15. The zero-order valence-electron chi connectivity index (χ0n) is 15.4. The fourth-order valence-corrected chi connectivity index (χ4v) is 3.19. The van der Waals surface area contributed by atoms with Crippen molar-refractivity contribution in [2.45, 2.75) is 52.0 Å². The zero-order chi connectivity index (χ0) is 18.6. The smallest absolute Gasteiger partial charge is 0.258 e. The van der Waals surface area contributed by atoms with Crippen LogP contribution in [0.3, 0.4) is 0 Å². The lowest BCUT2D eigenvalue weighted by molar-refractivity contribution is -0.131. The number of carbonyl (C=O) groups is 2. The number of likely N-dealkylation sites (tertiary alicyclic amines) is 1. The number of piperidine rings is 1. The van der Waals surface area contributed by atoms with E-state index >= 15 is 0 Å². The van der Waals surface area contributed by atoms with E-state index in [1.165, 1.54) is 0 Å². The molecule has 1 atom stereocenters. The average Bonchev–Trinajstić information content (AvgIpc) is 2.58. The maximum absolute atomic E-state index is 12.2. The molecule has 5 nitrogen and oxygen atoms in total. The van der Waals surface area contributed by atoms with Gasteiger partial charge in [0.05, 0.1) is 0 Å². The third-order valence-electron chi connectivity index (χ3n) is 4.73. The minimum Gasteiger partial charge on any atom is -0.483 e. The van der Waals surface area contributed by atoms with Crippen LogP contribution in [0.2, 0.25) is 0 Å². The molecule has 6 heteroatoms. The molecule has 0 radical (unpaired) electrons. The lowest BCUT2D eigenvalue weighted by Crippen LogP contribution is -2.48. The average molecular weight is 367 g/mol. The topological polar surface area (TPSA) is 58.6 Å². The van der Waals surface area contributed by atoms with Crippen molar-refractivity contribution in [2.24, 2.45) is 0 Å². The van der Waals surface area contributed by atoms with Gasteiger partial charge >= 0.3 is 0 Å². The molecule has 1 fully saturated rings. The number of nitrogens with zero attached hydrogens (tertiary/aromatic N) is 1. The fraction of sp³-hybridized carbons (Fsp3) is 0.579. The molecular weight excluding hydrogens is 340 g/mol. The quantitative estimate of drug-likeness (QED) is 0.815. The van der Waals surface area contributed by atoms with Crippen LogP contribution in [0.25, 0.3) is 0 Å². The fourth-order valence-electron chi connectivity index (χ4n) is 3.05. The van der Waals surface area contributed by atoms with E-state index in [9.17, 15) is 9.59 Å². The third-order valence-corrected chi connectivity index (χ3v) is 4.92. The van der Waals surface area contributed by atoms with Crippen LogP contribution >= 0.6 is 11.6 Å². The second-order valence-electron chi connectivity index (χ2n) is 6.73. The predicted octanol–water partition coefficient (Wildman–Crippen LogP) is 2.73. The summed E-state index contributed by atoms with van der Waals surface area (Å²) in [5.74, 6) is 0.614. The van der Waals surface area contributed by atoms with Gasteiger partial charge in [0.2, 0.25) is 5.91 Å². The van der Waals surface area contributed by atoms with Crippen LogP contribution in [0.15, 0.2) is 12.1 Å². The molecule has 2 rings (SSSR count). The summed E-state index contributed by atoms with van der Waals surface area (Å²) in [6, 6.07) is 4.12. The Morgan fingerprint density at radius 1 is 1.24 bits per heavy atom. The van der Waals surface area contributed by atoms with Crippen molar-refractivity contribution in [3.63, 3.8) is 0 Å². The Morgan fingerprint density at radius 2 is 1.84 bits per heavy atom. The number of alkyl halides is 1. The van der Waals surface area contributed by atoms with Crippen LogP contribution in [-0.2, 0) is 9.59 Å². The number of aryl methyl sites for hydroxylation is 2. The maximum Gasteiger partial charge on any atom is 0.258 e. The summed E-state index contributed by atoms with van der Waals surface area (Å²) in [5.41, 5.74) is 3.24. The number of hydrogen-bond acceptors (Lipinski definition) is 3. The lowest BCUT2D eigenvalue weighted by atomic mass is 10.0. The van der Waals surface area contributed by atoms with E-state index in [4.69, 9.17) is 16.3 Å². The van der Waals surface area contributed by atoms with Gasteiger partial charge in [0.25, 0.3) is 5.91 Å². The van der Waals surface area contributed by atoms with Crippen LogP contribution < -0.4 is 10.1 Å². The summed E-state index contributed by atoms with van der Waals surface area (Å²) >= 11 is 5.84. The van der Waals surface area contributed by atoms with Gasteiger partial charge in [0, 0.05) is 19.1 Å². The lowest BCUT2D eigenvalue weighted by Gasteiger charge is -2.33. The molecule has 25 heavy (non-hydrogen) atoms. The molecule has 1 aliphatic rings. The van der Waals surface area contributed by atoms with Crippen LogP contribution in [-0.4, -0.2) is 47.8 Å². The zero-order valence-corrected chi connectivity index (χ0v) is 16.2. The van der Waals surface area contributed by atoms with Crippen LogP contribution in [0, 0.1) is 20.8 Å². The van der Waals surface area contributed by atoms with Crippen LogP contribution in [0.4, 0.5) is 0 Å². The summed E-state index contributed by atoms with van der Waals surface area (Å²) in [6.07, 6.45) is 1.48. The first-order valence-electron chi connectivity index (χ1n) is 8.71. The normalized spacial score (nSPS) is 16.4. The molecule has 1 aromatic carbocycles. The summed E-state index contributed by atoms with van der Waals surface area (Å²) in [5, 5.41) is 2.50. The minimum absolute atomic E-state index is 0.00297. The molecule has 0 saturated carbocycles. The van der Waals surface area contributed by atoms with Crippen molar-refractivity contribution >= 4 is 23.4 Å². The highest BCUT2D eigenvalue weighted by Crippen LogP contribution is 2.25. The summed E-state index contributed by atoms with van der Waals surface area (Å²) < 4.78 is 5.75. The number of hydrogen-bond donors (Lipinski definition) is 1. The predicted molar refractivity (Wildman–Crippen MR) is 99.2 cm³/mol. The van der Waals surface area contributed by atoms with Crippen molar-refractivity contribution < 1.29 is 14.3 Å². The Labute approximate surface area is 154 Å². The van der Waals surface area contributed by atoms with Gasteiger partial charge in [-0.15, -0.1) is 11.6 Å². The Balaban J connectivity index is 1.81. The Kier molecular flexibility index (Phi) is 6.71. The molecule has 1 N–H and O–H groups in total. The number of carbonyl (C=O) groups excluding carboxylic acids is 2. The highest BCUT2D eigenvalue weighted by atomic mass is 35.5. The largest absolute Gasteiger partial charge is 0.483 e. The second-order valence-corrected chi connectivity index (χ2v) is 7.38. The van der Waals surface area contributed by atoms with Crippen molar-refractivity contribution in [3.8, 4) is 5.75 Å². The van der Waals surface area contributed by atoms with E-state index in [2.05, 4.69) is 5.32 Å². The first-order chi connectivity index (χ1) is 11.8. The summed E-state index contributed by atoms with van der Waals surface area (Å²) in [4.78, 5) is 25.8. The summed E-state index contributed by atoms with van der Waals surface area (Å²) in [7, 11) is 0. The van der Waals surface area contributed by atoms with Gasteiger partial charge in [0.15, 0.2) is 6.61 Å². The molecule has 0 bridgehead atoms. The number of benzene rings is 1. The van der Waals surface area contributed by atoms with E-state index in [0.717, 1.165) is 35.3 Å². The minimum atomic E-state index is -0.500. The molecule has 0 aromatic heterocycles. The van der Waals surface area contributed by atoms with Crippen molar-refractivity contribution in [1.82, 2.24) is 10.2 Å². The third kappa shape index (κ3) is 5.11. The second kappa shape index (κ2) is 8.56. The van der Waals surface area contributed by atoms with Gasteiger partial charge in [-0.1, -0.05) is 12.1 Å². The Hall–Kier alpha value is -1.75. The van der Waals surface area contributed by atoms with Crippen LogP contribution in [0.1, 0.15) is 36.5 Å². The highest BCUT2D eigenvalue weighted by Gasteiger charge is 2.25. The molecule has 1 aliphatic heterocycles. The Bertz CT molecular complexity index is 638. The highest BCUT2D eigenvalue weighted by molar-refractivity contribution is 6.30. The van der Waals surface area contributed by atoms with Crippen molar-refractivity contribution in [3.05, 3.63) is 28.8 Å². The van der Waals surface area contributed by atoms with E-state index in [0.29, 0.717) is 13.1 Å². The standard InChI is InChI=1S/C19H27ClN2O3/c1-12-5-6-13(2)18(14(12)3)25-11-17(23)21-16-7-9-22(10-8-16)19(24)15(4)20/h5-6,15-16H,7-11H2,1-4H3,(H,21,23). The van der Waals surface area contributed by atoms with Gasteiger partial charge < -0.3 is 15.0 Å². The van der Waals surface area contributed by atoms with Crippen molar-refractivity contribution in [2.75, 3.05) is 19.7 Å². The van der Waals surface area contributed by atoms with E-state index in [-0.39, 0.29) is 24.5 Å². The van der Waals surface area contributed by atoms with Gasteiger partial charge in [-0.2, -0.15) is 0 Å². The number of amides is 2. The molecule has 1 saturated heterocycles. The maximum atomic E-state index is 12.2. The van der Waals surface area contributed by atoms with E-state index < -0.39 is 5.38 Å². The first kappa shape index (κ1) is 19.6. The molecule has 0 aliphatic carbocycles. The molecule has 0 spiro atoms. The van der Waals surface area contributed by atoms with E-state index in [1.807, 2.05) is 32.9 Å². The molecule has 1 unspecified atom stereocenters. The van der Waals surface area contributed by atoms with Crippen LogP contribution in [0.5, 0.6) is 5.75 Å². The molecule has 1 aromatic rings. The number of halogens is 1. The van der Waals surface area contributed by atoms with Crippen molar-refractivity contribution in [1.29, 1.82) is 0 Å². The molecular formula is C19H27ClN2O3. The molecule has 138 valence electrons. The number of nitrogens with one attached hydrogen (secondary N) is 1. The van der Waals surface area contributed by atoms with Gasteiger partial charge in [-0.25, -0.2) is 0 Å². The van der Waals surface area contributed by atoms with E-state index in [1.54, 1.807) is 11.8 Å². The molecule has 2 amide bonds. The van der Waals surface area contributed by atoms with Gasteiger partial charge in [-0.3, -0.25) is 9.59 Å². The molecule has 1 heterocycles. The van der Waals surface area contributed by atoms with Gasteiger partial charge in [-0.05, 0) is 57.2 Å². The number of ether oxygens (including phenoxy) is 1. The summed E-state index contributed by atoms with van der Waals surface area (Å²) in [6.45, 7) is 8.94. The van der Waals surface area contributed by atoms with Gasteiger partial charge in [0.1, 0.15) is 11.1 Å². The SMILES string of the molecule is Cc1ccc(C)c(OCC(=O)NC2CCN(C(=O)C(C)Cl)CC2)c1C. The monoisotopic (exact) mass is 366 g/mol. The Morgan fingerprint density at radius 3 is 2.44 bits per heavy atom. The number of rotatable bonds is 5.